The number of hydrogen-bond donors (Lipinski definition) is 2. The number of benzene rings is 3. The number of unbranched alkanes of at least 4 members (excludes halogenated alkanes) is 1. The summed E-state index contributed by atoms with van der Waals surface area (Å²) >= 11 is 0. The van der Waals surface area contributed by atoms with Gasteiger partial charge < -0.3 is 43.2 Å². The number of ether oxygens (including phenoxy) is 6. The van der Waals surface area contributed by atoms with E-state index in [2.05, 4.69) is 46.5 Å². The number of rotatable bonds is 23. The van der Waals surface area contributed by atoms with Crippen LogP contribution in [0.4, 0.5) is 10.7 Å². The fourth-order valence-electron chi connectivity index (χ4n) is 6.77. The highest BCUT2D eigenvalue weighted by molar-refractivity contribution is 6.03. The lowest BCUT2D eigenvalue weighted by molar-refractivity contribution is -0.191. The molecule has 1 aromatic heterocycles. The van der Waals surface area contributed by atoms with Crippen LogP contribution in [-0.4, -0.2) is 117 Å². The van der Waals surface area contributed by atoms with E-state index in [1.54, 1.807) is 32.7 Å². The molecular formula is C42H55N5O8. The number of amides is 3. The molecule has 0 aliphatic carbocycles. The number of hydrogen-bond acceptors (Lipinski definition) is 9. The van der Waals surface area contributed by atoms with Gasteiger partial charge in [0.05, 0.1) is 38.5 Å². The number of nitrogens with one attached hydrogen (secondary N) is 2. The van der Waals surface area contributed by atoms with Crippen molar-refractivity contribution in [1.82, 2.24) is 19.8 Å². The summed E-state index contributed by atoms with van der Waals surface area (Å²) in [4.78, 5) is 39.5. The zero-order valence-corrected chi connectivity index (χ0v) is 32.1. The van der Waals surface area contributed by atoms with Crippen LogP contribution in [0.3, 0.4) is 0 Å². The fourth-order valence-corrected chi connectivity index (χ4v) is 6.77. The van der Waals surface area contributed by atoms with Gasteiger partial charge in [0.25, 0.3) is 5.91 Å². The van der Waals surface area contributed by atoms with Crippen LogP contribution < -0.4 is 5.32 Å². The van der Waals surface area contributed by atoms with E-state index >= 15 is 4.79 Å². The van der Waals surface area contributed by atoms with Gasteiger partial charge in [-0.1, -0.05) is 86.1 Å². The third kappa shape index (κ3) is 12.4. The van der Waals surface area contributed by atoms with Gasteiger partial charge in [-0.05, 0) is 48.1 Å². The van der Waals surface area contributed by atoms with Gasteiger partial charge in [0.15, 0.2) is 0 Å². The van der Waals surface area contributed by atoms with Crippen LogP contribution in [0, 0.1) is 0 Å². The Morgan fingerprint density at radius 1 is 0.764 bits per heavy atom. The molecule has 0 bridgehead atoms. The Labute approximate surface area is 324 Å². The minimum Gasteiger partial charge on any atom is -0.382 e. The predicted molar refractivity (Wildman–Crippen MR) is 209 cm³/mol. The van der Waals surface area contributed by atoms with Gasteiger partial charge in [-0.25, -0.2) is 9.78 Å². The van der Waals surface area contributed by atoms with E-state index in [0.29, 0.717) is 57.3 Å². The maximum atomic E-state index is 15.4. The highest BCUT2D eigenvalue weighted by Crippen LogP contribution is 2.32. The molecule has 296 valence electrons. The molecule has 0 radical (unpaired) electrons. The molecule has 3 aromatic carbocycles. The van der Waals surface area contributed by atoms with Gasteiger partial charge in [-0.3, -0.25) is 10.1 Å². The third-order valence-corrected chi connectivity index (χ3v) is 9.53. The number of imidazole rings is 1. The van der Waals surface area contributed by atoms with E-state index in [9.17, 15) is 4.79 Å². The Balaban J connectivity index is 1.60. The number of H-pyrrole nitrogens is 1. The highest BCUT2D eigenvalue weighted by Gasteiger charge is 2.49. The monoisotopic (exact) mass is 757 g/mol. The van der Waals surface area contributed by atoms with E-state index < -0.39 is 24.3 Å². The third-order valence-electron chi connectivity index (χ3n) is 9.53. The molecule has 3 amide bonds. The van der Waals surface area contributed by atoms with Gasteiger partial charge >= 0.3 is 6.03 Å². The average molecular weight is 758 g/mol. The van der Waals surface area contributed by atoms with E-state index in [1.807, 2.05) is 64.4 Å². The molecule has 0 saturated carbocycles. The van der Waals surface area contributed by atoms with Gasteiger partial charge in [0.1, 0.15) is 25.8 Å². The molecule has 1 fully saturated rings. The molecular weight excluding hydrogens is 702 g/mol. The SMILES string of the molecule is CCCCN1C(=O)N(Cc2cccc(C(=O)Nc3ncc[nH]3)c2)[C@H](Cc2ccccc2)[C@H](OCOCCOC)[C@@H](OCOCCOC)[C@H]1Cc1ccccc1. The number of aromatic amines is 1. The van der Waals surface area contributed by atoms with Crippen molar-refractivity contribution in [2.45, 2.75) is 63.4 Å². The molecule has 2 N–H and O–H groups in total. The fraction of sp³-hybridized carbons (Fsp3) is 0.452. The quantitative estimate of drug-likeness (QED) is 0.0697. The molecule has 55 heavy (non-hydrogen) atoms. The maximum absolute atomic E-state index is 15.4. The number of aromatic nitrogens is 2. The Hall–Kier alpha value is -4.63. The van der Waals surface area contributed by atoms with E-state index in [1.165, 1.54) is 0 Å². The van der Waals surface area contributed by atoms with Gasteiger partial charge in [0, 0.05) is 45.3 Å². The summed E-state index contributed by atoms with van der Waals surface area (Å²) in [6, 6.07) is 26.4. The van der Waals surface area contributed by atoms with E-state index in [0.717, 1.165) is 29.5 Å². The molecule has 4 aromatic rings. The first-order chi connectivity index (χ1) is 27.0. The number of nitrogens with zero attached hydrogens (tertiary/aromatic N) is 3. The van der Waals surface area contributed by atoms with Crippen molar-refractivity contribution in [3.8, 4) is 0 Å². The Bertz CT molecular complexity index is 1680. The molecule has 1 saturated heterocycles. The number of anilines is 1. The lowest BCUT2D eigenvalue weighted by Crippen LogP contribution is -2.53. The highest BCUT2D eigenvalue weighted by atomic mass is 16.7. The van der Waals surface area contributed by atoms with Crippen LogP contribution in [0.2, 0.25) is 0 Å². The van der Waals surface area contributed by atoms with Crippen molar-refractivity contribution < 1.29 is 38.0 Å². The van der Waals surface area contributed by atoms with Gasteiger partial charge in [-0.15, -0.1) is 0 Å². The topological polar surface area (TPSA) is 137 Å². The minimum atomic E-state index is -0.663. The molecule has 13 nitrogen and oxygen atoms in total. The smallest absolute Gasteiger partial charge is 0.321 e. The summed E-state index contributed by atoms with van der Waals surface area (Å²) in [6.45, 7) is 4.28. The van der Waals surface area contributed by atoms with E-state index in [-0.39, 0.29) is 32.1 Å². The second-order valence-corrected chi connectivity index (χ2v) is 13.4. The largest absolute Gasteiger partial charge is 0.382 e. The molecule has 0 spiro atoms. The standard InChI is InChI=1S/C42H55N5O8/c1-4-5-21-46-36(27-32-13-8-6-9-14-32)38(54-30-52-24-22-50-2)39(55-31-53-25-23-51-3)37(28-33-15-10-7-11-16-33)47(42(46)49)29-34-17-12-18-35(26-34)40(48)45-41-43-19-20-44-41/h6-20,26,36-39H,4-5,21-25,27-31H2,1-3H3,(H2,43,44,45,48)/t36-,37-,38+,39+/m1/s1. The van der Waals surface area contributed by atoms with Crippen LogP contribution >= 0.6 is 0 Å². The number of urea groups is 1. The van der Waals surface area contributed by atoms with Crippen molar-refractivity contribution in [2.24, 2.45) is 0 Å². The molecule has 5 rings (SSSR count). The normalized spacial score (nSPS) is 18.7. The van der Waals surface area contributed by atoms with Gasteiger partial charge in [0.2, 0.25) is 5.95 Å². The molecule has 1 aliphatic rings. The summed E-state index contributed by atoms with van der Waals surface area (Å²) < 4.78 is 35.8. The molecule has 1 aliphatic heterocycles. The Morgan fingerprint density at radius 2 is 1.35 bits per heavy atom. The van der Waals surface area contributed by atoms with Crippen molar-refractivity contribution in [1.29, 1.82) is 0 Å². The second-order valence-electron chi connectivity index (χ2n) is 13.4. The Kier molecular flexibility index (Phi) is 17.1. The minimum absolute atomic E-state index is 0.0234. The first-order valence-electron chi connectivity index (χ1n) is 18.9. The van der Waals surface area contributed by atoms with Crippen molar-refractivity contribution >= 4 is 17.9 Å². The zero-order valence-electron chi connectivity index (χ0n) is 32.1. The zero-order chi connectivity index (χ0) is 38.7. The summed E-state index contributed by atoms with van der Waals surface area (Å²) in [5.74, 6) is 0.0330. The van der Waals surface area contributed by atoms with Crippen LogP contribution in [0.1, 0.15) is 46.8 Å². The molecule has 4 atom stereocenters. The number of carbonyl (C=O) groups excluding carboxylic acids is 2. The van der Waals surface area contributed by atoms with E-state index in [4.69, 9.17) is 28.4 Å². The average Bonchev–Trinajstić information content (AvgIpc) is 3.71. The lowest BCUT2D eigenvalue weighted by atomic mass is 9.90. The summed E-state index contributed by atoms with van der Waals surface area (Å²) in [6.07, 6.45) is 4.60. The van der Waals surface area contributed by atoms with Crippen molar-refractivity contribution in [2.75, 3.05) is 66.1 Å². The predicted octanol–water partition coefficient (Wildman–Crippen LogP) is 5.93. The van der Waals surface area contributed by atoms with Gasteiger partial charge in [-0.2, -0.15) is 0 Å². The summed E-state index contributed by atoms with van der Waals surface area (Å²) in [7, 11) is 3.25. The second kappa shape index (κ2) is 22.7. The van der Waals surface area contributed by atoms with Crippen molar-refractivity contribution in [3.05, 3.63) is 120 Å². The Morgan fingerprint density at radius 3 is 1.89 bits per heavy atom. The number of carbonyl (C=O) groups is 2. The summed E-state index contributed by atoms with van der Waals surface area (Å²) in [5.41, 5.74) is 3.32. The van der Waals surface area contributed by atoms with Crippen LogP contribution in [0.15, 0.2) is 97.3 Å². The van der Waals surface area contributed by atoms with Crippen LogP contribution in [0.5, 0.6) is 0 Å². The van der Waals surface area contributed by atoms with Crippen LogP contribution in [0.25, 0.3) is 0 Å². The summed E-state index contributed by atoms with van der Waals surface area (Å²) in [5, 5.41) is 2.80. The molecule has 2 heterocycles. The first kappa shape index (κ1) is 41.5. The number of methoxy groups -OCH3 is 2. The van der Waals surface area contributed by atoms with Crippen molar-refractivity contribution in [3.63, 3.8) is 0 Å². The van der Waals surface area contributed by atoms with Crippen LogP contribution in [-0.2, 0) is 47.8 Å². The molecule has 0 unspecified atom stereocenters. The maximum Gasteiger partial charge on any atom is 0.321 e. The lowest BCUT2D eigenvalue weighted by Gasteiger charge is -2.38. The molecule has 13 heteroatoms. The first-order valence-corrected chi connectivity index (χ1v) is 18.9.